The second-order valence-corrected chi connectivity index (χ2v) is 3.73. The molecule has 0 bridgehead atoms. The second-order valence-electron chi connectivity index (χ2n) is 3.73. The van der Waals surface area contributed by atoms with Gasteiger partial charge in [0.2, 0.25) is 0 Å². The van der Waals surface area contributed by atoms with E-state index in [1.807, 2.05) is 6.07 Å². The maximum atomic E-state index is 12.9. The topological polar surface area (TPSA) is 32.3 Å². The molecule has 1 fully saturated rings. The monoisotopic (exact) mass is 195 g/mol. The number of nitrogens with one attached hydrogen (secondary N) is 1. The van der Waals surface area contributed by atoms with Crippen molar-refractivity contribution in [1.82, 2.24) is 5.32 Å². The molecule has 1 atom stereocenters. The molecule has 76 valence electrons. The highest BCUT2D eigenvalue weighted by molar-refractivity contribution is 5.20. The van der Waals surface area contributed by atoms with Crippen LogP contribution in [0.2, 0.25) is 0 Å². The SMILES string of the molecule is OCC(NC1CC1)c1cccc(F)c1. The molecule has 0 radical (unpaired) electrons. The summed E-state index contributed by atoms with van der Waals surface area (Å²) in [4.78, 5) is 0. The lowest BCUT2D eigenvalue weighted by Crippen LogP contribution is -2.26. The fourth-order valence-corrected chi connectivity index (χ4v) is 1.51. The fraction of sp³-hybridized carbons (Fsp3) is 0.455. The summed E-state index contributed by atoms with van der Waals surface area (Å²) in [6, 6.07) is 6.76. The van der Waals surface area contributed by atoms with Crippen molar-refractivity contribution in [1.29, 1.82) is 0 Å². The van der Waals surface area contributed by atoms with Crippen molar-refractivity contribution < 1.29 is 9.50 Å². The third kappa shape index (κ3) is 2.30. The van der Waals surface area contributed by atoms with E-state index in [9.17, 15) is 4.39 Å². The van der Waals surface area contributed by atoms with Gasteiger partial charge in [-0.1, -0.05) is 12.1 Å². The first kappa shape index (κ1) is 9.62. The zero-order valence-electron chi connectivity index (χ0n) is 7.91. The summed E-state index contributed by atoms with van der Waals surface area (Å²) < 4.78 is 12.9. The Morgan fingerprint density at radius 2 is 2.29 bits per heavy atom. The minimum Gasteiger partial charge on any atom is -0.394 e. The van der Waals surface area contributed by atoms with Crippen molar-refractivity contribution in [3.63, 3.8) is 0 Å². The standard InChI is InChI=1S/C11H14FNO/c12-9-3-1-2-8(6-9)11(7-14)13-10-4-5-10/h1-3,6,10-11,13-14H,4-5,7H2. The van der Waals surface area contributed by atoms with Crippen LogP contribution < -0.4 is 5.32 Å². The average molecular weight is 195 g/mol. The molecule has 1 aromatic rings. The molecule has 2 nitrogen and oxygen atoms in total. The Labute approximate surface area is 82.8 Å². The summed E-state index contributed by atoms with van der Waals surface area (Å²) >= 11 is 0. The molecule has 1 unspecified atom stereocenters. The minimum absolute atomic E-state index is 0.0138. The van der Waals surface area contributed by atoms with Crippen molar-refractivity contribution >= 4 is 0 Å². The predicted molar refractivity (Wildman–Crippen MR) is 52.4 cm³/mol. The average Bonchev–Trinajstić information content (AvgIpc) is 2.98. The molecule has 1 aliphatic carbocycles. The Hall–Kier alpha value is -0.930. The molecule has 0 aliphatic heterocycles. The van der Waals surface area contributed by atoms with Crippen LogP contribution in [-0.2, 0) is 0 Å². The molecule has 1 saturated carbocycles. The van der Waals surface area contributed by atoms with E-state index >= 15 is 0 Å². The molecule has 2 rings (SSSR count). The van der Waals surface area contributed by atoms with Gasteiger partial charge >= 0.3 is 0 Å². The normalized spacial score (nSPS) is 18.1. The van der Waals surface area contributed by atoms with Crippen LogP contribution in [0.5, 0.6) is 0 Å². The summed E-state index contributed by atoms with van der Waals surface area (Å²) in [5.74, 6) is -0.251. The highest BCUT2D eigenvalue weighted by Gasteiger charge is 2.24. The lowest BCUT2D eigenvalue weighted by atomic mass is 10.1. The summed E-state index contributed by atoms with van der Waals surface area (Å²) in [5.41, 5.74) is 0.819. The van der Waals surface area contributed by atoms with Gasteiger partial charge in [-0.25, -0.2) is 4.39 Å². The van der Waals surface area contributed by atoms with E-state index < -0.39 is 0 Å². The molecule has 14 heavy (non-hydrogen) atoms. The zero-order valence-corrected chi connectivity index (χ0v) is 7.91. The van der Waals surface area contributed by atoms with Gasteiger partial charge in [0, 0.05) is 6.04 Å². The van der Waals surface area contributed by atoms with Crippen molar-refractivity contribution in [2.75, 3.05) is 6.61 Å². The first-order chi connectivity index (χ1) is 6.79. The highest BCUT2D eigenvalue weighted by Crippen LogP contribution is 2.24. The number of aliphatic hydroxyl groups excluding tert-OH is 1. The van der Waals surface area contributed by atoms with E-state index in [1.165, 1.54) is 12.1 Å². The Morgan fingerprint density at radius 1 is 1.50 bits per heavy atom. The van der Waals surface area contributed by atoms with E-state index in [0.717, 1.165) is 18.4 Å². The van der Waals surface area contributed by atoms with Crippen LogP contribution >= 0.6 is 0 Å². The van der Waals surface area contributed by atoms with E-state index in [4.69, 9.17) is 5.11 Å². The first-order valence-corrected chi connectivity index (χ1v) is 4.92. The number of aliphatic hydroxyl groups is 1. The molecule has 0 spiro atoms. The van der Waals surface area contributed by atoms with Gasteiger partial charge in [-0.2, -0.15) is 0 Å². The third-order valence-corrected chi connectivity index (χ3v) is 2.45. The molecule has 3 heteroatoms. The van der Waals surface area contributed by atoms with E-state index in [1.54, 1.807) is 6.07 Å². The molecule has 1 aliphatic rings. The van der Waals surface area contributed by atoms with Crippen molar-refractivity contribution in [2.45, 2.75) is 24.9 Å². The number of rotatable bonds is 4. The van der Waals surface area contributed by atoms with Gasteiger partial charge in [-0.05, 0) is 30.5 Å². The van der Waals surface area contributed by atoms with Crippen LogP contribution in [-0.4, -0.2) is 17.8 Å². The molecule has 0 aromatic heterocycles. The second kappa shape index (κ2) is 4.07. The van der Waals surface area contributed by atoms with E-state index in [0.29, 0.717) is 6.04 Å². The molecule has 0 heterocycles. The van der Waals surface area contributed by atoms with Crippen LogP contribution in [0, 0.1) is 5.82 Å². The highest BCUT2D eigenvalue weighted by atomic mass is 19.1. The van der Waals surface area contributed by atoms with E-state index in [-0.39, 0.29) is 18.5 Å². The molecule has 1 aromatic carbocycles. The van der Waals surface area contributed by atoms with Gasteiger partial charge in [-0.15, -0.1) is 0 Å². The van der Waals surface area contributed by atoms with E-state index in [2.05, 4.69) is 5.32 Å². The minimum atomic E-state index is -0.251. The van der Waals surface area contributed by atoms with Crippen molar-refractivity contribution in [3.05, 3.63) is 35.6 Å². The van der Waals surface area contributed by atoms with Gasteiger partial charge in [0.05, 0.1) is 12.6 Å². The fourth-order valence-electron chi connectivity index (χ4n) is 1.51. The van der Waals surface area contributed by atoms with Crippen molar-refractivity contribution in [3.8, 4) is 0 Å². The molecule has 0 saturated heterocycles. The van der Waals surface area contributed by atoms with Gasteiger partial charge in [-0.3, -0.25) is 0 Å². The summed E-state index contributed by atoms with van der Waals surface area (Å²) in [6.07, 6.45) is 2.32. The number of hydrogen-bond acceptors (Lipinski definition) is 2. The Balaban J connectivity index is 2.08. The molecule has 0 amide bonds. The van der Waals surface area contributed by atoms with Crippen LogP contribution in [0.25, 0.3) is 0 Å². The van der Waals surface area contributed by atoms with Gasteiger partial charge in [0.25, 0.3) is 0 Å². The zero-order chi connectivity index (χ0) is 9.97. The Kier molecular flexibility index (Phi) is 2.79. The largest absolute Gasteiger partial charge is 0.394 e. The quantitative estimate of drug-likeness (QED) is 0.765. The van der Waals surface area contributed by atoms with Crippen LogP contribution in [0.15, 0.2) is 24.3 Å². The first-order valence-electron chi connectivity index (χ1n) is 4.92. The van der Waals surface area contributed by atoms with Crippen LogP contribution in [0.4, 0.5) is 4.39 Å². The number of hydrogen-bond donors (Lipinski definition) is 2. The van der Waals surface area contributed by atoms with Gasteiger partial charge in [0.1, 0.15) is 5.82 Å². The maximum Gasteiger partial charge on any atom is 0.123 e. The Morgan fingerprint density at radius 3 is 2.86 bits per heavy atom. The lowest BCUT2D eigenvalue weighted by molar-refractivity contribution is 0.243. The van der Waals surface area contributed by atoms with Gasteiger partial charge < -0.3 is 10.4 Å². The maximum absolute atomic E-state index is 12.9. The van der Waals surface area contributed by atoms with Gasteiger partial charge in [0.15, 0.2) is 0 Å². The van der Waals surface area contributed by atoms with Crippen LogP contribution in [0.1, 0.15) is 24.4 Å². The Bertz CT molecular complexity index is 312. The third-order valence-electron chi connectivity index (χ3n) is 2.45. The summed E-state index contributed by atoms with van der Waals surface area (Å²) in [6.45, 7) is 0.0138. The lowest BCUT2D eigenvalue weighted by Gasteiger charge is -2.16. The van der Waals surface area contributed by atoms with Crippen molar-refractivity contribution in [2.24, 2.45) is 0 Å². The smallest absolute Gasteiger partial charge is 0.123 e. The summed E-state index contributed by atoms with van der Waals surface area (Å²) in [7, 11) is 0. The number of benzene rings is 1. The number of halogens is 1. The summed E-state index contributed by atoms with van der Waals surface area (Å²) in [5, 5.41) is 12.4. The molecular formula is C11H14FNO. The van der Waals surface area contributed by atoms with Crippen LogP contribution in [0.3, 0.4) is 0 Å². The predicted octanol–water partition coefficient (Wildman–Crippen LogP) is 1.61. The molecule has 2 N–H and O–H groups in total. The molecular weight excluding hydrogens is 181 g/mol.